The summed E-state index contributed by atoms with van der Waals surface area (Å²) in [5.41, 5.74) is 4.15. The molecule has 3 aromatic rings. The monoisotopic (exact) mass is 549 g/mol. The van der Waals surface area contributed by atoms with Crippen molar-refractivity contribution in [3.05, 3.63) is 95.1 Å². The van der Waals surface area contributed by atoms with Gasteiger partial charge in [-0.25, -0.2) is 8.42 Å². The maximum Gasteiger partial charge on any atom is 0.264 e. The second kappa shape index (κ2) is 12.9. The molecular formula is C31H39N3O4S. The second-order valence-electron chi connectivity index (χ2n) is 10.2. The quantitative estimate of drug-likeness (QED) is 0.359. The first-order valence-corrected chi connectivity index (χ1v) is 14.7. The van der Waals surface area contributed by atoms with E-state index in [1.54, 1.807) is 36.4 Å². The van der Waals surface area contributed by atoms with Gasteiger partial charge < -0.3 is 10.2 Å². The van der Waals surface area contributed by atoms with Crippen LogP contribution in [0.2, 0.25) is 0 Å². The molecule has 8 heteroatoms. The zero-order chi connectivity index (χ0) is 28.7. The Kier molecular flexibility index (Phi) is 9.92. The summed E-state index contributed by atoms with van der Waals surface area (Å²) in [6.45, 7) is 11.1. The van der Waals surface area contributed by atoms with Crippen LogP contribution in [-0.2, 0) is 26.2 Å². The lowest BCUT2D eigenvalue weighted by atomic mass is 10.1. The van der Waals surface area contributed by atoms with Gasteiger partial charge in [0, 0.05) is 12.6 Å². The molecule has 1 N–H and O–H groups in total. The van der Waals surface area contributed by atoms with E-state index in [2.05, 4.69) is 5.32 Å². The first-order chi connectivity index (χ1) is 18.4. The lowest BCUT2D eigenvalue weighted by Crippen LogP contribution is -2.53. The summed E-state index contributed by atoms with van der Waals surface area (Å²) in [5, 5.41) is 2.92. The molecule has 0 aliphatic carbocycles. The molecule has 39 heavy (non-hydrogen) atoms. The van der Waals surface area contributed by atoms with Crippen molar-refractivity contribution in [2.24, 2.45) is 0 Å². The minimum Gasteiger partial charge on any atom is -0.352 e. The Morgan fingerprint density at radius 1 is 0.846 bits per heavy atom. The highest BCUT2D eigenvalue weighted by Gasteiger charge is 2.34. The number of nitrogens with zero attached hydrogens (tertiary/aromatic N) is 2. The molecule has 0 aromatic heterocycles. The predicted octanol–water partition coefficient (Wildman–Crippen LogP) is 5.14. The van der Waals surface area contributed by atoms with Crippen molar-refractivity contribution in [1.29, 1.82) is 0 Å². The van der Waals surface area contributed by atoms with Gasteiger partial charge in [-0.05, 0) is 76.4 Å². The maximum absolute atomic E-state index is 14.1. The van der Waals surface area contributed by atoms with Gasteiger partial charge in [0.2, 0.25) is 11.8 Å². The number of benzene rings is 3. The Labute approximate surface area is 232 Å². The molecule has 0 aliphatic heterocycles. The molecule has 0 unspecified atom stereocenters. The molecule has 3 aromatic carbocycles. The molecule has 2 amide bonds. The fraction of sp³-hybridized carbons (Fsp3) is 0.355. The van der Waals surface area contributed by atoms with Crippen molar-refractivity contribution in [3.8, 4) is 0 Å². The van der Waals surface area contributed by atoms with Crippen molar-refractivity contribution in [2.45, 2.75) is 71.5 Å². The van der Waals surface area contributed by atoms with E-state index in [1.165, 1.54) is 4.90 Å². The van der Waals surface area contributed by atoms with E-state index in [0.29, 0.717) is 12.1 Å². The summed E-state index contributed by atoms with van der Waals surface area (Å²) in [7, 11) is -4.08. The third-order valence-corrected chi connectivity index (χ3v) is 8.42. The van der Waals surface area contributed by atoms with Crippen LogP contribution in [0, 0.1) is 20.8 Å². The van der Waals surface area contributed by atoms with Crippen LogP contribution < -0.4 is 9.62 Å². The fourth-order valence-electron chi connectivity index (χ4n) is 4.35. The van der Waals surface area contributed by atoms with E-state index in [1.807, 2.05) is 77.9 Å². The number of aryl methyl sites for hydroxylation is 3. The van der Waals surface area contributed by atoms with Crippen LogP contribution in [0.3, 0.4) is 0 Å². The van der Waals surface area contributed by atoms with E-state index >= 15 is 0 Å². The molecular weight excluding hydrogens is 510 g/mol. The van der Waals surface area contributed by atoms with E-state index in [9.17, 15) is 18.0 Å². The number of carbonyl (C=O) groups is 2. The topological polar surface area (TPSA) is 86.8 Å². The van der Waals surface area contributed by atoms with Crippen molar-refractivity contribution in [2.75, 3.05) is 10.8 Å². The molecule has 0 heterocycles. The Bertz CT molecular complexity index is 1380. The number of rotatable bonds is 11. The molecule has 0 saturated heterocycles. The van der Waals surface area contributed by atoms with Gasteiger partial charge in [-0.1, -0.05) is 66.6 Å². The second-order valence-corrected chi connectivity index (χ2v) is 12.1. The number of amides is 2. The molecule has 0 fully saturated rings. The van der Waals surface area contributed by atoms with Crippen molar-refractivity contribution < 1.29 is 18.0 Å². The predicted molar refractivity (Wildman–Crippen MR) is 156 cm³/mol. The molecule has 0 saturated carbocycles. The highest BCUT2D eigenvalue weighted by Crippen LogP contribution is 2.26. The smallest absolute Gasteiger partial charge is 0.264 e. The van der Waals surface area contributed by atoms with Crippen LogP contribution in [0.1, 0.15) is 49.4 Å². The average Bonchev–Trinajstić information content (AvgIpc) is 2.88. The van der Waals surface area contributed by atoms with Crippen molar-refractivity contribution in [1.82, 2.24) is 10.2 Å². The van der Waals surface area contributed by atoms with Crippen LogP contribution in [0.5, 0.6) is 0 Å². The number of hydrogen-bond acceptors (Lipinski definition) is 4. The van der Waals surface area contributed by atoms with Gasteiger partial charge in [-0.15, -0.1) is 0 Å². The van der Waals surface area contributed by atoms with Crippen LogP contribution in [0.15, 0.2) is 77.7 Å². The number of anilines is 1. The lowest BCUT2D eigenvalue weighted by Gasteiger charge is -2.34. The first-order valence-electron chi connectivity index (χ1n) is 13.2. The van der Waals surface area contributed by atoms with Gasteiger partial charge in [0.25, 0.3) is 10.0 Å². The van der Waals surface area contributed by atoms with Crippen LogP contribution in [0.4, 0.5) is 5.69 Å². The van der Waals surface area contributed by atoms with E-state index in [-0.39, 0.29) is 23.4 Å². The van der Waals surface area contributed by atoms with Crippen LogP contribution in [-0.4, -0.2) is 43.8 Å². The molecule has 0 aliphatic rings. The summed E-state index contributed by atoms with van der Waals surface area (Å²) in [5.74, 6) is -0.724. The molecule has 208 valence electrons. The average molecular weight is 550 g/mol. The minimum absolute atomic E-state index is 0.0940. The zero-order valence-electron chi connectivity index (χ0n) is 23.6. The molecule has 7 nitrogen and oxygen atoms in total. The standard InChI is InChI=1S/C31H39N3O4S/c1-7-29(31(36)32-22(2)3)33(20-26-11-9-8-10-25(26)6)30(35)21-34(27-16-12-23(4)13-17-27)39(37,38)28-18-14-24(5)15-19-28/h8-19,22,29H,7,20-21H2,1-6H3,(H,32,36)/t29-/m0/s1. The van der Waals surface area contributed by atoms with E-state index < -0.39 is 28.5 Å². The van der Waals surface area contributed by atoms with Gasteiger partial charge in [-0.3, -0.25) is 13.9 Å². The Morgan fingerprint density at radius 2 is 1.41 bits per heavy atom. The van der Waals surface area contributed by atoms with Gasteiger partial charge >= 0.3 is 0 Å². The normalized spacial score (nSPS) is 12.2. The first kappa shape index (κ1) is 29.9. The number of hydrogen-bond donors (Lipinski definition) is 1. The third kappa shape index (κ3) is 7.47. The summed E-state index contributed by atoms with van der Waals surface area (Å²) in [6, 6.07) is 20.4. The largest absolute Gasteiger partial charge is 0.352 e. The molecule has 1 atom stereocenters. The Hall–Kier alpha value is -3.65. The fourth-order valence-corrected chi connectivity index (χ4v) is 5.76. The van der Waals surface area contributed by atoms with Gasteiger partial charge in [0.15, 0.2) is 0 Å². The molecule has 0 radical (unpaired) electrons. The van der Waals surface area contributed by atoms with Gasteiger partial charge in [0.05, 0.1) is 10.6 Å². The number of nitrogens with one attached hydrogen (secondary N) is 1. The van der Waals surface area contributed by atoms with Crippen molar-refractivity contribution >= 4 is 27.5 Å². The Morgan fingerprint density at radius 3 is 1.95 bits per heavy atom. The van der Waals surface area contributed by atoms with Crippen LogP contribution >= 0.6 is 0 Å². The summed E-state index contributed by atoms with van der Waals surface area (Å²) in [6.07, 6.45) is 0.380. The minimum atomic E-state index is -4.08. The Balaban J connectivity index is 2.07. The summed E-state index contributed by atoms with van der Waals surface area (Å²) in [4.78, 5) is 28.9. The van der Waals surface area contributed by atoms with E-state index in [4.69, 9.17) is 0 Å². The lowest BCUT2D eigenvalue weighted by molar-refractivity contribution is -0.140. The maximum atomic E-state index is 14.1. The summed E-state index contributed by atoms with van der Waals surface area (Å²) < 4.78 is 28.9. The van der Waals surface area contributed by atoms with Crippen LogP contribution in [0.25, 0.3) is 0 Å². The molecule has 3 rings (SSSR count). The number of sulfonamides is 1. The third-order valence-electron chi connectivity index (χ3n) is 6.63. The SMILES string of the molecule is CC[C@@H](C(=O)NC(C)C)N(Cc1ccccc1C)C(=O)CN(c1ccc(C)cc1)S(=O)(=O)c1ccc(C)cc1. The highest BCUT2D eigenvalue weighted by molar-refractivity contribution is 7.92. The van der Waals surface area contributed by atoms with Gasteiger partial charge in [-0.2, -0.15) is 0 Å². The van der Waals surface area contributed by atoms with Crippen molar-refractivity contribution in [3.63, 3.8) is 0 Å². The van der Waals surface area contributed by atoms with E-state index in [0.717, 1.165) is 26.6 Å². The highest BCUT2D eigenvalue weighted by atomic mass is 32.2. The summed E-state index contributed by atoms with van der Waals surface area (Å²) >= 11 is 0. The molecule has 0 bridgehead atoms. The number of carbonyl (C=O) groups excluding carboxylic acids is 2. The zero-order valence-corrected chi connectivity index (χ0v) is 24.5. The van der Waals surface area contributed by atoms with Gasteiger partial charge in [0.1, 0.15) is 12.6 Å². The molecule has 0 spiro atoms.